The molecule has 1 unspecified atom stereocenters. The van der Waals surface area contributed by atoms with Crippen LogP contribution in [-0.2, 0) is 0 Å². The highest BCUT2D eigenvalue weighted by molar-refractivity contribution is 4.78. The van der Waals surface area contributed by atoms with Crippen molar-refractivity contribution in [2.24, 2.45) is 0 Å². The van der Waals surface area contributed by atoms with Crippen molar-refractivity contribution < 1.29 is 30.7 Å². The first kappa shape index (κ1) is 11.5. The van der Waals surface area contributed by atoms with E-state index >= 15 is 0 Å². The van der Waals surface area contributed by atoms with E-state index in [0.717, 1.165) is 0 Å². The smallest absolute Gasteiger partial charge is 0.248 e. The fourth-order valence-corrected chi connectivity index (χ4v) is 0.448. The molecule has 0 aliphatic carbocycles. The third kappa shape index (κ3) is 2.86. The molecule has 0 aliphatic heterocycles. The van der Waals surface area contributed by atoms with Crippen LogP contribution in [0.4, 0.5) is 30.7 Å². The van der Waals surface area contributed by atoms with Gasteiger partial charge in [-0.3, -0.25) is 0 Å². The Morgan fingerprint density at radius 3 is 1.67 bits per heavy atom. The van der Waals surface area contributed by atoms with Crippen LogP contribution < -0.4 is 0 Å². The molecule has 0 saturated heterocycles. The van der Waals surface area contributed by atoms with Gasteiger partial charge in [0.1, 0.15) is 12.8 Å². The number of alkyl halides is 7. The van der Waals surface area contributed by atoms with Crippen molar-refractivity contribution in [2.75, 3.05) is 6.67 Å². The second-order valence-electron chi connectivity index (χ2n) is 2.16. The molecule has 0 saturated carbocycles. The van der Waals surface area contributed by atoms with Gasteiger partial charge in [-0.15, -0.1) is 0 Å². The molecule has 0 aromatic carbocycles. The molecule has 0 fully saturated rings. The molecule has 12 heavy (non-hydrogen) atoms. The molecule has 0 heterocycles. The normalized spacial score (nSPS) is 16.2. The molecule has 0 N–H and O–H groups in total. The van der Waals surface area contributed by atoms with Crippen LogP contribution in [0, 0.1) is 0 Å². The summed E-state index contributed by atoms with van der Waals surface area (Å²) in [5.74, 6) is -5.15. The van der Waals surface area contributed by atoms with E-state index in [-0.39, 0.29) is 0 Å². The quantitative estimate of drug-likeness (QED) is 0.611. The highest BCUT2D eigenvalue weighted by atomic mass is 19.4. The summed E-state index contributed by atoms with van der Waals surface area (Å²) in [5, 5.41) is 0. The van der Waals surface area contributed by atoms with E-state index in [2.05, 4.69) is 0 Å². The molecule has 0 amide bonds. The van der Waals surface area contributed by atoms with Gasteiger partial charge in [-0.05, 0) is 0 Å². The van der Waals surface area contributed by atoms with Crippen molar-refractivity contribution in [3.8, 4) is 0 Å². The Kier molecular flexibility index (Phi) is 3.34. The van der Waals surface area contributed by atoms with E-state index in [4.69, 9.17) is 0 Å². The molecule has 7 heteroatoms. The highest BCUT2D eigenvalue weighted by Crippen LogP contribution is 2.39. The summed E-state index contributed by atoms with van der Waals surface area (Å²) < 4.78 is 80.6. The standard InChI is InChI=1S/C5H5F7/c6-2-3(7)1-4(8,9)5(10,11)12/h3H,1-2H2. The Bertz CT molecular complexity index is 137. The van der Waals surface area contributed by atoms with E-state index in [1.54, 1.807) is 0 Å². The summed E-state index contributed by atoms with van der Waals surface area (Å²) in [7, 11) is 0. The first-order valence-corrected chi connectivity index (χ1v) is 2.85. The monoisotopic (exact) mass is 198 g/mol. The van der Waals surface area contributed by atoms with Gasteiger partial charge < -0.3 is 0 Å². The molecule has 0 nitrogen and oxygen atoms in total. The molecule has 74 valence electrons. The van der Waals surface area contributed by atoms with Crippen LogP contribution in [0.15, 0.2) is 0 Å². The maximum Gasteiger partial charge on any atom is 0.453 e. The Morgan fingerprint density at radius 1 is 1.00 bits per heavy atom. The zero-order chi connectivity index (χ0) is 9.99. The van der Waals surface area contributed by atoms with Gasteiger partial charge in [-0.25, -0.2) is 8.78 Å². The molecule has 1 atom stereocenters. The lowest BCUT2D eigenvalue weighted by molar-refractivity contribution is -0.288. The molecule has 0 spiro atoms. The van der Waals surface area contributed by atoms with E-state index in [1.807, 2.05) is 0 Å². The van der Waals surface area contributed by atoms with Crippen molar-refractivity contribution in [3.63, 3.8) is 0 Å². The van der Waals surface area contributed by atoms with Gasteiger partial charge in [0.05, 0.1) is 6.42 Å². The van der Waals surface area contributed by atoms with Crippen LogP contribution in [0.25, 0.3) is 0 Å². The van der Waals surface area contributed by atoms with Gasteiger partial charge in [-0.1, -0.05) is 0 Å². The molecule has 0 rings (SSSR count). The molecule has 0 aromatic heterocycles. The lowest BCUT2D eigenvalue weighted by Crippen LogP contribution is -2.39. The molecule has 0 radical (unpaired) electrons. The van der Waals surface area contributed by atoms with Crippen molar-refractivity contribution in [2.45, 2.75) is 24.7 Å². The maximum absolute atomic E-state index is 11.8. The molecular formula is C5H5F7. The van der Waals surface area contributed by atoms with E-state index < -0.39 is 31.4 Å². The fraction of sp³-hybridized carbons (Fsp3) is 1.00. The molecule has 0 aliphatic rings. The minimum atomic E-state index is -5.81. The van der Waals surface area contributed by atoms with Crippen molar-refractivity contribution in [3.05, 3.63) is 0 Å². The van der Waals surface area contributed by atoms with E-state index in [0.29, 0.717) is 0 Å². The second kappa shape index (κ2) is 3.49. The average Bonchev–Trinajstić information content (AvgIpc) is 1.84. The second-order valence-corrected chi connectivity index (χ2v) is 2.16. The predicted molar refractivity (Wildman–Crippen MR) is 26.5 cm³/mol. The number of hydrogen-bond donors (Lipinski definition) is 0. The van der Waals surface area contributed by atoms with Crippen LogP contribution in [0.2, 0.25) is 0 Å². The van der Waals surface area contributed by atoms with Gasteiger partial charge >= 0.3 is 12.1 Å². The van der Waals surface area contributed by atoms with Crippen LogP contribution in [-0.4, -0.2) is 24.9 Å². The van der Waals surface area contributed by atoms with Gasteiger partial charge in [0, 0.05) is 0 Å². The topological polar surface area (TPSA) is 0 Å². The third-order valence-corrected chi connectivity index (χ3v) is 1.06. The highest BCUT2D eigenvalue weighted by Gasteiger charge is 2.58. The summed E-state index contributed by atoms with van der Waals surface area (Å²) in [6.07, 6.45) is -10.7. The van der Waals surface area contributed by atoms with E-state index in [1.165, 1.54) is 0 Å². The lowest BCUT2D eigenvalue weighted by atomic mass is 10.1. The number of hydrogen-bond acceptors (Lipinski definition) is 0. The van der Waals surface area contributed by atoms with Gasteiger partial charge in [0.25, 0.3) is 0 Å². The van der Waals surface area contributed by atoms with Crippen LogP contribution in [0.1, 0.15) is 6.42 Å². The maximum atomic E-state index is 11.8. The third-order valence-electron chi connectivity index (χ3n) is 1.06. The SMILES string of the molecule is FCC(F)CC(F)(F)C(F)(F)F. The summed E-state index contributed by atoms with van der Waals surface area (Å²) >= 11 is 0. The predicted octanol–water partition coefficient (Wildman–Crippen LogP) is 2.88. The van der Waals surface area contributed by atoms with Gasteiger partial charge in [0.2, 0.25) is 0 Å². The average molecular weight is 198 g/mol. The first-order valence-electron chi connectivity index (χ1n) is 2.85. The summed E-state index contributed by atoms with van der Waals surface area (Å²) in [6.45, 7) is -1.84. The number of halogens is 7. The summed E-state index contributed by atoms with van der Waals surface area (Å²) in [6, 6.07) is 0. The Hall–Kier alpha value is -0.490. The van der Waals surface area contributed by atoms with Crippen molar-refractivity contribution >= 4 is 0 Å². The zero-order valence-corrected chi connectivity index (χ0v) is 5.64. The van der Waals surface area contributed by atoms with E-state index in [9.17, 15) is 30.7 Å². The lowest BCUT2D eigenvalue weighted by Gasteiger charge is -2.19. The van der Waals surface area contributed by atoms with Crippen molar-refractivity contribution in [1.29, 1.82) is 0 Å². The van der Waals surface area contributed by atoms with Crippen LogP contribution in [0.5, 0.6) is 0 Å². The van der Waals surface area contributed by atoms with Crippen LogP contribution >= 0.6 is 0 Å². The largest absolute Gasteiger partial charge is 0.453 e. The summed E-state index contributed by atoms with van der Waals surface area (Å²) in [4.78, 5) is 0. The Morgan fingerprint density at radius 2 is 1.42 bits per heavy atom. The van der Waals surface area contributed by atoms with Crippen molar-refractivity contribution in [1.82, 2.24) is 0 Å². The number of rotatable bonds is 3. The molecular weight excluding hydrogens is 193 g/mol. The minimum Gasteiger partial charge on any atom is -0.248 e. The molecule has 0 bridgehead atoms. The summed E-state index contributed by atoms with van der Waals surface area (Å²) in [5.41, 5.74) is 0. The Balaban J connectivity index is 4.22. The minimum absolute atomic E-state index is 1.84. The first-order chi connectivity index (χ1) is 5.20. The van der Waals surface area contributed by atoms with Gasteiger partial charge in [0.15, 0.2) is 0 Å². The zero-order valence-electron chi connectivity index (χ0n) is 5.64. The Labute approximate surface area is 63.4 Å². The van der Waals surface area contributed by atoms with Crippen LogP contribution in [0.3, 0.4) is 0 Å². The van der Waals surface area contributed by atoms with Gasteiger partial charge in [-0.2, -0.15) is 22.0 Å². The fourth-order valence-electron chi connectivity index (χ4n) is 0.448. The molecule has 0 aromatic rings.